The average molecular weight is 471 g/mol. The molecule has 3 fully saturated rings. The van der Waals surface area contributed by atoms with Gasteiger partial charge < -0.3 is 29.5 Å². The number of benzene rings is 1. The molecule has 0 radical (unpaired) electrons. The first kappa shape index (κ1) is 23.1. The Morgan fingerprint density at radius 2 is 1.82 bits per heavy atom. The largest absolute Gasteiger partial charge is 0.490 e. The molecular formula is C25H34N4O5. The molecule has 34 heavy (non-hydrogen) atoms. The van der Waals surface area contributed by atoms with E-state index in [0.717, 1.165) is 51.9 Å². The molecule has 9 nitrogen and oxygen atoms in total. The predicted molar refractivity (Wildman–Crippen MR) is 126 cm³/mol. The summed E-state index contributed by atoms with van der Waals surface area (Å²) in [7, 11) is 3.87. The van der Waals surface area contributed by atoms with Gasteiger partial charge in [-0.25, -0.2) is 0 Å². The minimum absolute atomic E-state index is 0.00502. The van der Waals surface area contributed by atoms with Crippen molar-refractivity contribution < 1.29 is 23.9 Å². The van der Waals surface area contributed by atoms with Crippen molar-refractivity contribution in [1.29, 1.82) is 0 Å². The molecule has 0 aromatic heterocycles. The molecule has 3 heterocycles. The lowest BCUT2D eigenvalue weighted by atomic mass is 9.94. The maximum absolute atomic E-state index is 13.3. The molecule has 1 N–H and O–H groups in total. The van der Waals surface area contributed by atoms with Crippen LogP contribution in [0.2, 0.25) is 0 Å². The zero-order valence-electron chi connectivity index (χ0n) is 20.0. The second kappa shape index (κ2) is 9.54. The van der Waals surface area contributed by atoms with Crippen LogP contribution in [0.4, 0.5) is 5.69 Å². The fourth-order valence-electron chi connectivity index (χ4n) is 5.07. The Hall–Kier alpha value is -2.65. The molecule has 184 valence electrons. The summed E-state index contributed by atoms with van der Waals surface area (Å²) in [5, 5.41) is 2.91. The molecule has 4 aliphatic rings. The Morgan fingerprint density at radius 3 is 2.56 bits per heavy atom. The van der Waals surface area contributed by atoms with Crippen molar-refractivity contribution in [3.05, 3.63) is 23.8 Å². The van der Waals surface area contributed by atoms with Gasteiger partial charge in [-0.15, -0.1) is 0 Å². The maximum atomic E-state index is 13.3. The van der Waals surface area contributed by atoms with Crippen molar-refractivity contribution in [3.8, 4) is 5.75 Å². The molecule has 1 aromatic rings. The van der Waals surface area contributed by atoms with Gasteiger partial charge >= 0.3 is 0 Å². The van der Waals surface area contributed by atoms with Gasteiger partial charge in [-0.1, -0.05) is 0 Å². The summed E-state index contributed by atoms with van der Waals surface area (Å²) >= 11 is 0. The van der Waals surface area contributed by atoms with Crippen molar-refractivity contribution in [3.63, 3.8) is 0 Å². The van der Waals surface area contributed by atoms with Gasteiger partial charge in [-0.05, 0) is 50.9 Å². The van der Waals surface area contributed by atoms with Gasteiger partial charge in [0.15, 0.2) is 0 Å². The Bertz CT molecular complexity index is 957. The second-order valence-corrected chi connectivity index (χ2v) is 10.0. The summed E-state index contributed by atoms with van der Waals surface area (Å²) in [5.74, 6) is 0.568. The first-order valence-corrected chi connectivity index (χ1v) is 12.4. The van der Waals surface area contributed by atoms with E-state index in [2.05, 4.69) is 17.3 Å². The minimum Gasteiger partial charge on any atom is -0.490 e. The maximum Gasteiger partial charge on any atom is 0.257 e. The molecule has 1 saturated carbocycles. The Balaban J connectivity index is 1.24. The molecule has 1 aromatic carbocycles. The zero-order valence-corrected chi connectivity index (χ0v) is 20.0. The van der Waals surface area contributed by atoms with E-state index in [-0.39, 0.29) is 41.9 Å². The third-order valence-electron chi connectivity index (χ3n) is 7.49. The molecular weight excluding hydrogens is 436 g/mol. The smallest absolute Gasteiger partial charge is 0.257 e. The number of hydrogen-bond donors (Lipinski definition) is 1. The van der Waals surface area contributed by atoms with E-state index in [0.29, 0.717) is 30.0 Å². The highest BCUT2D eigenvalue weighted by atomic mass is 16.5. The van der Waals surface area contributed by atoms with Crippen LogP contribution < -0.4 is 10.1 Å². The Kier molecular flexibility index (Phi) is 6.48. The average Bonchev–Trinajstić information content (AvgIpc) is 3.68. The molecule has 0 unspecified atom stereocenters. The SMILES string of the molecule is CN1CCN(C(=O)C[C@H]2CC[C@@H]3[C@@H](COc4ccc(NC(=O)C5CC5)cc4C(=O)N3C)O2)CC1. The van der Waals surface area contributed by atoms with E-state index in [9.17, 15) is 14.4 Å². The van der Waals surface area contributed by atoms with Gasteiger partial charge in [0.25, 0.3) is 5.91 Å². The highest BCUT2D eigenvalue weighted by molar-refractivity contribution is 6.00. The number of anilines is 1. The van der Waals surface area contributed by atoms with Crippen LogP contribution in [0.5, 0.6) is 5.75 Å². The van der Waals surface area contributed by atoms with Gasteiger partial charge in [0.2, 0.25) is 11.8 Å². The number of rotatable bonds is 4. The zero-order chi connectivity index (χ0) is 23.8. The molecule has 3 amide bonds. The summed E-state index contributed by atoms with van der Waals surface area (Å²) in [5.41, 5.74) is 1.06. The summed E-state index contributed by atoms with van der Waals surface area (Å²) < 4.78 is 12.3. The van der Waals surface area contributed by atoms with Crippen LogP contribution in [0.25, 0.3) is 0 Å². The standard InChI is InChI=1S/C25H34N4O5/c1-27-9-11-29(12-10-27)23(30)14-18-6-7-20-22(34-18)15-33-21-8-5-17(26-24(31)16-3-4-16)13-19(21)25(32)28(20)2/h5,8,13,16,18,20,22H,3-4,6-7,9-12,14-15H2,1-2H3,(H,26,31)/t18-,20-,22-/m1/s1. The number of piperazine rings is 1. The summed E-state index contributed by atoms with van der Waals surface area (Å²) in [4.78, 5) is 44.2. The van der Waals surface area contributed by atoms with Crippen LogP contribution in [0, 0.1) is 5.92 Å². The van der Waals surface area contributed by atoms with Crippen LogP contribution in [-0.2, 0) is 14.3 Å². The van der Waals surface area contributed by atoms with Gasteiger partial charge in [-0.3, -0.25) is 14.4 Å². The molecule has 3 aliphatic heterocycles. The Morgan fingerprint density at radius 1 is 1.06 bits per heavy atom. The number of nitrogens with one attached hydrogen (secondary N) is 1. The van der Waals surface area contributed by atoms with E-state index < -0.39 is 0 Å². The quantitative estimate of drug-likeness (QED) is 0.719. The van der Waals surface area contributed by atoms with Crippen molar-refractivity contribution in [2.45, 2.75) is 50.4 Å². The van der Waals surface area contributed by atoms with Crippen LogP contribution in [-0.4, -0.2) is 97.6 Å². The molecule has 0 bridgehead atoms. The molecule has 9 heteroatoms. The van der Waals surface area contributed by atoms with Gasteiger partial charge in [0.05, 0.1) is 24.1 Å². The number of likely N-dealkylation sites (N-methyl/N-ethyl adjacent to an activating group) is 2. The summed E-state index contributed by atoms with van der Waals surface area (Å²) in [6, 6.07) is 5.09. The van der Waals surface area contributed by atoms with E-state index in [1.807, 2.05) is 4.90 Å². The minimum atomic E-state index is -0.296. The van der Waals surface area contributed by atoms with Gasteiger partial charge in [0.1, 0.15) is 18.5 Å². The highest BCUT2D eigenvalue weighted by Crippen LogP contribution is 2.34. The lowest BCUT2D eigenvalue weighted by Gasteiger charge is -2.42. The summed E-state index contributed by atoms with van der Waals surface area (Å²) in [6.45, 7) is 3.62. The third-order valence-corrected chi connectivity index (χ3v) is 7.49. The number of ether oxygens (including phenoxy) is 2. The van der Waals surface area contributed by atoms with E-state index in [1.165, 1.54) is 0 Å². The van der Waals surface area contributed by atoms with Crippen LogP contribution in [0.1, 0.15) is 42.5 Å². The van der Waals surface area contributed by atoms with Gasteiger partial charge in [0, 0.05) is 44.8 Å². The molecule has 0 spiro atoms. The number of nitrogens with zero attached hydrogens (tertiary/aromatic N) is 3. The lowest BCUT2D eigenvalue weighted by Crippen LogP contribution is -2.54. The highest BCUT2D eigenvalue weighted by Gasteiger charge is 2.40. The Labute approximate surface area is 200 Å². The molecule has 1 aliphatic carbocycles. The van der Waals surface area contributed by atoms with E-state index in [1.54, 1.807) is 30.1 Å². The van der Waals surface area contributed by atoms with E-state index in [4.69, 9.17) is 9.47 Å². The van der Waals surface area contributed by atoms with E-state index >= 15 is 0 Å². The van der Waals surface area contributed by atoms with Crippen molar-refractivity contribution in [1.82, 2.24) is 14.7 Å². The monoisotopic (exact) mass is 470 g/mol. The lowest BCUT2D eigenvalue weighted by molar-refractivity contribution is -0.144. The van der Waals surface area contributed by atoms with Crippen LogP contribution in [0.3, 0.4) is 0 Å². The van der Waals surface area contributed by atoms with Crippen LogP contribution >= 0.6 is 0 Å². The second-order valence-electron chi connectivity index (χ2n) is 10.0. The van der Waals surface area contributed by atoms with Crippen LogP contribution in [0.15, 0.2) is 18.2 Å². The molecule has 2 saturated heterocycles. The number of carbonyl (C=O) groups excluding carboxylic acids is 3. The van der Waals surface area contributed by atoms with Crippen molar-refractivity contribution in [2.24, 2.45) is 5.92 Å². The fourth-order valence-corrected chi connectivity index (χ4v) is 5.07. The summed E-state index contributed by atoms with van der Waals surface area (Å²) in [6.07, 6.45) is 3.23. The molecule has 3 atom stereocenters. The third kappa shape index (κ3) is 4.90. The van der Waals surface area contributed by atoms with Gasteiger partial charge in [-0.2, -0.15) is 0 Å². The number of fused-ring (bicyclic) bond motifs is 2. The fraction of sp³-hybridized carbons (Fsp3) is 0.640. The number of hydrogen-bond acceptors (Lipinski definition) is 6. The number of carbonyl (C=O) groups is 3. The predicted octanol–water partition coefficient (Wildman–Crippen LogP) is 1.58. The molecule has 5 rings (SSSR count). The topological polar surface area (TPSA) is 91.4 Å². The van der Waals surface area contributed by atoms with Crippen molar-refractivity contribution >= 4 is 23.4 Å². The van der Waals surface area contributed by atoms with Crippen molar-refractivity contribution in [2.75, 3.05) is 52.2 Å². The number of amides is 3. The normalized spacial score (nSPS) is 27.7. The first-order chi connectivity index (χ1) is 16.4. The first-order valence-electron chi connectivity index (χ1n) is 12.4.